The molecule has 0 bridgehead atoms. The molecule has 7 nitrogen and oxygen atoms in total. The van der Waals surface area contributed by atoms with E-state index >= 15 is 0 Å². The number of nitrogens with zero attached hydrogens (tertiary/aromatic N) is 3. The summed E-state index contributed by atoms with van der Waals surface area (Å²) in [5.41, 5.74) is 1.84. The number of benzene rings is 2. The lowest BCUT2D eigenvalue weighted by Gasteiger charge is -2.23. The van der Waals surface area contributed by atoms with Crippen molar-refractivity contribution in [2.75, 3.05) is 23.7 Å². The quantitative estimate of drug-likeness (QED) is 0.242. The van der Waals surface area contributed by atoms with Crippen molar-refractivity contribution < 1.29 is 9.59 Å². The molecule has 37 heavy (non-hydrogen) atoms. The minimum absolute atomic E-state index is 0.114. The van der Waals surface area contributed by atoms with Gasteiger partial charge < -0.3 is 15.5 Å². The predicted octanol–water partition coefficient (Wildman–Crippen LogP) is 7.90. The topological polar surface area (TPSA) is 79.3 Å². The highest BCUT2D eigenvalue weighted by Gasteiger charge is 2.23. The Morgan fingerprint density at radius 2 is 1.76 bits per heavy atom. The Morgan fingerprint density at radius 1 is 1.03 bits per heavy atom. The van der Waals surface area contributed by atoms with Crippen LogP contribution in [0.3, 0.4) is 0 Å². The van der Waals surface area contributed by atoms with E-state index in [1.807, 2.05) is 45.0 Å². The fraction of sp³-hybridized carbons (Fsp3) is 0.370. The number of unbranched alkanes of at least 4 members (excludes halogenated alkanes) is 2. The summed E-state index contributed by atoms with van der Waals surface area (Å²) >= 11 is 15.8. The van der Waals surface area contributed by atoms with Gasteiger partial charge >= 0.3 is 6.03 Å². The maximum Gasteiger partial charge on any atom is 0.322 e. The van der Waals surface area contributed by atoms with Crippen molar-refractivity contribution in [1.29, 1.82) is 0 Å². The van der Waals surface area contributed by atoms with Gasteiger partial charge in [-0.25, -0.2) is 9.48 Å². The molecule has 0 aliphatic carbocycles. The number of urea groups is 1. The van der Waals surface area contributed by atoms with E-state index < -0.39 is 0 Å². The van der Waals surface area contributed by atoms with E-state index in [9.17, 15) is 9.59 Å². The maximum atomic E-state index is 13.2. The van der Waals surface area contributed by atoms with E-state index in [2.05, 4.69) is 33.5 Å². The Kier molecular flexibility index (Phi) is 10.0. The van der Waals surface area contributed by atoms with Crippen molar-refractivity contribution in [2.45, 2.75) is 52.4 Å². The van der Waals surface area contributed by atoms with Gasteiger partial charge in [0.2, 0.25) is 5.91 Å². The van der Waals surface area contributed by atoms with Crippen molar-refractivity contribution in [3.8, 4) is 5.69 Å². The van der Waals surface area contributed by atoms with Crippen LogP contribution in [-0.4, -0.2) is 39.7 Å². The van der Waals surface area contributed by atoms with Crippen LogP contribution in [0.25, 0.3) is 5.69 Å². The highest BCUT2D eigenvalue weighted by atomic mass is 79.9. The summed E-state index contributed by atoms with van der Waals surface area (Å²) in [5, 5.41) is 11.4. The first-order valence-corrected chi connectivity index (χ1v) is 13.7. The molecule has 1 aromatic heterocycles. The number of anilines is 2. The largest absolute Gasteiger partial charge is 0.322 e. The zero-order valence-electron chi connectivity index (χ0n) is 21.4. The van der Waals surface area contributed by atoms with Gasteiger partial charge in [0.1, 0.15) is 12.4 Å². The first-order valence-electron chi connectivity index (χ1n) is 12.2. The normalized spacial score (nSPS) is 11.3. The number of nitrogens with one attached hydrogen (secondary N) is 2. The van der Waals surface area contributed by atoms with Crippen LogP contribution in [0.5, 0.6) is 0 Å². The molecule has 198 valence electrons. The third kappa shape index (κ3) is 7.97. The number of aromatic nitrogens is 2. The van der Waals surface area contributed by atoms with Crippen LogP contribution in [0.15, 0.2) is 53.0 Å². The first-order chi connectivity index (χ1) is 17.5. The molecular weight excluding hydrogens is 577 g/mol. The zero-order chi connectivity index (χ0) is 27.2. The van der Waals surface area contributed by atoms with Crippen LogP contribution in [0.2, 0.25) is 10.0 Å². The van der Waals surface area contributed by atoms with Gasteiger partial charge in [-0.1, -0.05) is 75.9 Å². The monoisotopic (exact) mass is 607 g/mol. The third-order valence-corrected chi connectivity index (χ3v) is 7.09. The summed E-state index contributed by atoms with van der Waals surface area (Å²) in [7, 11) is 0. The molecule has 0 aliphatic rings. The number of halogens is 3. The molecule has 0 fully saturated rings. The number of carbonyl (C=O) groups is 2. The van der Waals surface area contributed by atoms with Crippen LogP contribution < -0.4 is 10.6 Å². The fourth-order valence-electron chi connectivity index (χ4n) is 3.57. The van der Waals surface area contributed by atoms with Gasteiger partial charge in [-0.2, -0.15) is 5.10 Å². The van der Waals surface area contributed by atoms with Gasteiger partial charge in [-0.3, -0.25) is 4.79 Å². The van der Waals surface area contributed by atoms with E-state index in [-0.39, 0.29) is 23.9 Å². The van der Waals surface area contributed by atoms with E-state index in [0.717, 1.165) is 29.4 Å². The van der Waals surface area contributed by atoms with Gasteiger partial charge in [0.25, 0.3) is 0 Å². The van der Waals surface area contributed by atoms with Crippen LogP contribution >= 0.6 is 39.1 Å². The van der Waals surface area contributed by atoms with Crippen molar-refractivity contribution >= 4 is 62.6 Å². The van der Waals surface area contributed by atoms with Crippen LogP contribution in [0.1, 0.15) is 52.7 Å². The number of amides is 3. The summed E-state index contributed by atoms with van der Waals surface area (Å²) < 4.78 is 2.39. The minimum atomic E-state index is -0.341. The van der Waals surface area contributed by atoms with E-state index in [0.29, 0.717) is 33.8 Å². The summed E-state index contributed by atoms with van der Waals surface area (Å²) in [6, 6.07) is 14.0. The summed E-state index contributed by atoms with van der Waals surface area (Å²) in [6.07, 6.45) is 2.76. The Labute approximate surface area is 236 Å². The van der Waals surface area contributed by atoms with Crippen LogP contribution in [0.4, 0.5) is 16.3 Å². The molecule has 0 spiro atoms. The molecule has 3 amide bonds. The van der Waals surface area contributed by atoms with Gasteiger partial charge in [-0.05, 0) is 52.7 Å². The van der Waals surface area contributed by atoms with E-state index in [1.54, 1.807) is 28.9 Å². The highest BCUT2D eigenvalue weighted by molar-refractivity contribution is 9.10. The number of para-hydroxylation sites is 1. The third-order valence-electron chi connectivity index (χ3n) is 5.66. The first kappa shape index (κ1) is 29.0. The fourth-order valence-corrected chi connectivity index (χ4v) is 4.24. The van der Waals surface area contributed by atoms with Crippen LogP contribution in [-0.2, 0) is 10.2 Å². The standard InChI is InChI=1S/C27H32BrCl2N5O2/c1-5-6-9-14-34(26(37)31-22-11-8-7-10-19(22)28)17-25(36)32-24-16-23(27(2,3)4)33-35(24)18-12-13-20(29)21(30)15-18/h7-8,10-13,15-16H,5-6,9,14,17H2,1-4H3,(H,31,37)(H,32,36). The van der Waals surface area contributed by atoms with E-state index in [1.165, 1.54) is 4.90 Å². The van der Waals surface area contributed by atoms with Crippen molar-refractivity contribution in [2.24, 2.45) is 0 Å². The Balaban J connectivity index is 1.83. The lowest BCUT2D eigenvalue weighted by Crippen LogP contribution is -2.41. The molecule has 3 rings (SSSR count). The number of carbonyl (C=O) groups excluding carboxylic acids is 2. The van der Waals surface area contributed by atoms with Crippen molar-refractivity contribution in [1.82, 2.24) is 14.7 Å². The second kappa shape index (κ2) is 12.8. The second-order valence-electron chi connectivity index (χ2n) is 9.76. The second-order valence-corrected chi connectivity index (χ2v) is 11.4. The Morgan fingerprint density at radius 3 is 2.41 bits per heavy atom. The molecule has 1 heterocycles. The molecule has 0 radical (unpaired) electrons. The molecule has 2 N–H and O–H groups in total. The highest BCUT2D eigenvalue weighted by Crippen LogP contribution is 2.29. The molecule has 0 saturated heterocycles. The van der Waals surface area contributed by atoms with Gasteiger partial charge in [0, 0.05) is 22.5 Å². The Bertz CT molecular complexity index is 1260. The lowest BCUT2D eigenvalue weighted by atomic mass is 9.92. The van der Waals surface area contributed by atoms with Gasteiger partial charge in [0.15, 0.2) is 0 Å². The summed E-state index contributed by atoms with van der Waals surface area (Å²) in [6.45, 7) is 8.56. The summed E-state index contributed by atoms with van der Waals surface area (Å²) in [4.78, 5) is 27.8. The van der Waals surface area contributed by atoms with Crippen molar-refractivity contribution in [3.05, 3.63) is 68.7 Å². The molecular formula is C27H32BrCl2N5O2. The van der Waals surface area contributed by atoms with E-state index in [4.69, 9.17) is 28.3 Å². The smallest absolute Gasteiger partial charge is 0.315 e. The molecule has 2 aromatic carbocycles. The lowest BCUT2D eigenvalue weighted by molar-refractivity contribution is -0.116. The summed E-state index contributed by atoms with van der Waals surface area (Å²) in [5.74, 6) is 0.147. The molecule has 0 saturated carbocycles. The molecule has 0 atom stereocenters. The Hall–Kier alpha value is -2.55. The predicted molar refractivity (Wildman–Crippen MR) is 155 cm³/mol. The molecule has 10 heteroatoms. The minimum Gasteiger partial charge on any atom is -0.315 e. The van der Waals surface area contributed by atoms with Crippen LogP contribution in [0, 0.1) is 0 Å². The molecule has 3 aromatic rings. The SMILES string of the molecule is CCCCCN(CC(=O)Nc1cc(C(C)(C)C)nn1-c1ccc(Cl)c(Cl)c1)C(=O)Nc1ccccc1Br. The molecule has 0 unspecified atom stereocenters. The average Bonchev–Trinajstić information content (AvgIpc) is 3.26. The van der Waals surface area contributed by atoms with Gasteiger partial charge in [0.05, 0.1) is 27.1 Å². The van der Waals surface area contributed by atoms with Gasteiger partial charge in [-0.15, -0.1) is 0 Å². The maximum absolute atomic E-state index is 13.2. The zero-order valence-corrected chi connectivity index (χ0v) is 24.5. The molecule has 0 aliphatic heterocycles. The number of hydrogen-bond donors (Lipinski definition) is 2. The number of rotatable bonds is 9. The van der Waals surface area contributed by atoms with Crippen molar-refractivity contribution in [3.63, 3.8) is 0 Å². The average molecular weight is 609 g/mol. The number of hydrogen-bond acceptors (Lipinski definition) is 3.